The van der Waals surface area contributed by atoms with Gasteiger partial charge in [-0.2, -0.15) is 14.8 Å². The van der Waals surface area contributed by atoms with E-state index in [9.17, 15) is 4.79 Å². The van der Waals surface area contributed by atoms with Gasteiger partial charge < -0.3 is 5.32 Å². The Morgan fingerprint density at radius 1 is 1.70 bits per heavy atom. The maximum Gasteiger partial charge on any atom is 0.251 e. The molecule has 0 saturated heterocycles. The van der Waals surface area contributed by atoms with Gasteiger partial charge >= 0.3 is 0 Å². The van der Waals surface area contributed by atoms with Crippen molar-refractivity contribution in [3.63, 3.8) is 0 Å². The van der Waals surface area contributed by atoms with Crippen LogP contribution in [0.1, 0.15) is 11.2 Å². The minimum atomic E-state index is 0.00579. The van der Waals surface area contributed by atoms with Crippen LogP contribution in [0.2, 0.25) is 0 Å². The van der Waals surface area contributed by atoms with Crippen molar-refractivity contribution in [2.45, 2.75) is 6.42 Å². The normalized spacial score (nSPS) is 16.2. The lowest BCUT2D eigenvalue weighted by molar-refractivity contribution is 0.0886. The third-order valence-corrected chi connectivity index (χ3v) is 1.41. The van der Waals surface area contributed by atoms with Crippen LogP contribution in [0.25, 0.3) is 0 Å². The van der Waals surface area contributed by atoms with Crippen LogP contribution in [0.4, 0.5) is 5.95 Å². The molecular weight excluding hydrogens is 132 g/mol. The Balaban J connectivity index is 2.50. The molecule has 0 atom stereocenters. The quantitative estimate of drug-likeness (QED) is 0.536. The zero-order chi connectivity index (χ0) is 6.97. The van der Waals surface area contributed by atoms with E-state index < -0.39 is 0 Å². The molecule has 0 aliphatic carbocycles. The Morgan fingerprint density at radius 3 is 3.40 bits per heavy atom. The summed E-state index contributed by atoms with van der Waals surface area (Å²) in [5.41, 5.74) is 0. The molecule has 0 unspecified atom stereocenters. The smallest absolute Gasteiger partial charge is 0.251 e. The molecule has 5 nitrogen and oxygen atoms in total. The molecule has 0 fully saturated rings. The summed E-state index contributed by atoms with van der Waals surface area (Å²) in [6.07, 6.45) is 1.86. The summed E-state index contributed by atoms with van der Waals surface area (Å²) in [6.45, 7) is 0.664. The van der Waals surface area contributed by atoms with Crippen LogP contribution in [0.15, 0.2) is 6.33 Å². The summed E-state index contributed by atoms with van der Waals surface area (Å²) >= 11 is 0. The highest BCUT2D eigenvalue weighted by molar-refractivity contribution is 5.82. The number of aromatic nitrogens is 3. The van der Waals surface area contributed by atoms with E-state index in [4.69, 9.17) is 0 Å². The van der Waals surface area contributed by atoms with Crippen molar-refractivity contribution in [1.29, 1.82) is 0 Å². The number of hydrogen-bond acceptors (Lipinski definition) is 4. The van der Waals surface area contributed by atoms with E-state index in [1.54, 1.807) is 0 Å². The molecule has 0 aromatic carbocycles. The van der Waals surface area contributed by atoms with Crippen LogP contribution in [0.5, 0.6) is 0 Å². The maximum absolute atomic E-state index is 11.0. The van der Waals surface area contributed by atoms with Gasteiger partial charge in [0, 0.05) is 13.0 Å². The first-order valence-electron chi connectivity index (χ1n) is 3.05. The Bertz CT molecular complexity index is 266. The lowest BCUT2D eigenvalue weighted by Crippen LogP contribution is -2.25. The van der Waals surface area contributed by atoms with E-state index in [1.807, 2.05) is 0 Å². The molecule has 1 aliphatic heterocycles. The minimum absolute atomic E-state index is 0.00579. The second kappa shape index (κ2) is 1.80. The predicted molar refractivity (Wildman–Crippen MR) is 33.8 cm³/mol. The molecule has 10 heavy (non-hydrogen) atoms. The molecule has 5 heteroatoms. The first-order valence-corrected chi connectivity index (χ1v) is 3.05. The summed E-state index contributed by atoms with van der Waals surface area (Å²) in [4.78, 5) is 14.8. The second-order valence-electron chi connectivity index (χ2n) is 2.07. The van der Waals surface area contributed by atoms with E-state index in [0.29, 0.717) is 18.9 Å². The predicted octanol–water partition coefficient (Wildman–Crippen LogP) is -0.266. The highest BCUT2D eigenvalue weighted by Gasteiger charge is 2.16. The summed E-state index contributed by atoms with van der Waals surface area (Å²) in [7, 11) is 0. The van der Waals surface area contributed by atoms with Crippen LogP contribution in [0, 0.1) is 0 Å². The van der Waals surface area contributed by atoms with E-state index >= 15 is 0 Å². The Kier molecular flexibility index (Phi) is 0.969. The van der Waals surface area contributed by atoms with Gasteiger partial charge in [-0.15, -0.1) is 0 Å². The van der Waals surface area contributed by atoms with Gasteiger partial charge in [0.05, 0.1) is 0 Å². The van der Waals surface area contributed by atoms with Gasteiger partial charge in [0.1, 0.15) is 6.33 Å². The fraction of sp³-hybridized carbons (Fsp3) is 0.400. The molecule has 0 saturated carbocycles. The van der Waals surface area contributed by atoms with Gasteiger partial charge in [0.2, 0.25) is 5.95 Å². The number of nitrogens with zero attached hydrogens (tertiary/aromatic N) is 3. The number of hydrogen-bond donors (Lipinski definition) is 1. The van der Waals surface area contributed by atoms with Crippen LogP contribution >= 0.6 is 0 Å². The first-order chi connectivity index (χ1) is 4.88. The van der Waals surface area contributed by atoms with E-state index in [0.717, 1.165) is 0 Å². The molecule has 52 valence electrons. The standard InChI is InChI=1S/C5H6N4O/c10-4-1-2-6-5-7-3-8-9(4)5/h3H,1-2H2,(H,6,7,8). The summed E-state index contributed by atoms with van der Waals surface area (Å²) < 4.78 is 1.28. The summed E-state index contributed by atoms with van der Waals surface area (Å²) in [6, 6.07) is 0. The monoisotopic (exact) mass is 138 g/mol. The Labute approximate surface area is 57.1 Å². The van der Waals surface area contributed by atoms with Gasteiger partial charge in [0.15, 0.2) is 0 Å². The molecule has 0 spiro atoms. The summed E-state index contributed by atoms with van der Waals surface area (Å²) in [5, 5.41) is 6.67. The molecule has 1 aromatic heterocycles. The summed E-state index contributed by atoms with van der Waals surface area (Å²) in [5.74, 6) is 0.558. The SMILES string of the molecule is O=C1CCNc2ncnn21. The average molecular weight is 138 g/mol. The number of nitrogens with one attached hydrogen (secondary N) is 1. The zero-order valence-electron chi connectivity index (χ0n) is 5.24. The van der Waals surface area contributed by atoms with Crippen LogP contribution in [0.3, 0.4) is 0 Å². The van der Waals surface area contributed by atoms with Crippen molar-refractivity contribution >= 4 is 11.9 Å². The maximum atomic E-state index is 11.0. The Hall–Kier alpha value is -1.39. The number of fused-ring (bicyclic) bond motifs is 1. The van der Waals surface area contributed by atoms with Gasteiger partial charge in [-0.05, 0) is 0 Å². The van der Waals surface area contributed by atoms with E-state index in [1.165, 1.54) is 11.0 Å². The average Bonchev–Trinajstić information content (AvgIpc) is 2.36. The molecule has 2 rings (SSSR count). The van der Waals surface area contributed by atoms with Crippen molar-refractivity contribution in [2.24, 2.45) is 0 Å². The third-order valence-electron chi connectivity index (χ3n) is 1.41. The lowest BCUT2D eigenvalue weighted by Gasteiger charge is -2.11. The Morgan fingerprint density at radius 2 is 2.60 bits per heavy atom. The molecule has 1 aromatic rings. The van der Waals surface area contributed by atoms with Crippen LogP contribution in [-0.4, -0.2) is 27.2 Å². The molecule has 0 amide bonds. The lowest BCUT2D eigenvalue weighted by atomic mass is 10.4. The van der Waals surface area contributed by atoms with Gasteiger partial charge in [-0.25, -0.2) is 0 Å². The largest absolute Gasteiger partial charge is 0.354 e. The van der Waals surface area contributed by atoms with Crippen LogP contribution in [-0.2, 0) is 0 Å². The van der Waals surface area contributed by atoms with Crippen molar-refractivity contribution in [3.8, 4) is 0 Å². The number of carbonyl (C=O) groups excluding carboxylic acids is 1. The highest BCUT2D eigenvalue weighted by atomic mass is 16.2. The third kappa shape index (κ3) is 0.601. The van der Waals surface area contributed by atoms with Crippen molar-refractivity contribution in [3.05, 3.63) is 6.33 Å². The molecule has 0 bridgehead atoms. The van der Waals surface area contributed by atoms with Crippen molar-refractivity contribution < 1.29 is 4.79 Å². The number of rotatable bonds is 0. The number of anilines is 1. The fourth-order valence-electron chi connectivity index (χ4n) is 0.932. The molecular formula is C5H6N4O. The van der Waals surface area contributed by atoms with Crippen molar-refractivity contribution in [2.75, 3.05) is 11.9 Å². The first kappa shape index (κ1) is 5.40. The van der Waals surface area contributed by atoms with Gasteiger partial charge in [0.25, 0.3) is 5.91 Å². The fourth-order valence-corrected chi connectivity index (χ4v) is 0.932. The number of carbonyl (C=O) groups is 1. The molecule has 1 aliphatic rings. The minimum Gasteiger partial charge on any atom is -0.354 e. The molecule has 2 heterocycles. The van der Waals surface area contributed by atoms with Gasteiger partial charge in [-0.1, -0.05) is 0 Å². The topological polar surface area (TPSA) is 59.8 Å². The highest BCUT2D eigenvalue weighted by Crippen LogP contribution is 2.06. The van der Waals surface area contributed by atoms with Gasteiger partial charge in [-0.3, -0.25) is 4.79 Å². The van der Waals surface area contributed by atoms with Crippen LogP contribution < -0.4 is 5.32 Å². The van der Waals surface area contributed by atoms with E-state index in [-0.39, 0.29) is 5.91 Å². The van der Waals surface area contributed by atoms with Crippen molar-refractivity contribution in [1.82, 2.24) is 14.8 Å². The van der Waals surface area contributed by atoms with E-state index in [2.05, 4.69) is 15.4 Å². The molecule has 1 N–H and O–H groups in total. The zero-order valence-corrected chi connectivity index (χ0v) is 5.24. The second-order valence-corrected chi connectivity index (χ2v) is 2.07. The molecule has 0 radical (unpaired) electrons.